The van der Waals surface area contributed by atoms with Gasteiger partial charge in [0.1, 0.15) is 5.75 Å². The first-order valence-corrected chi connectivity index (χ1v) is 24.2. The number of fused-ring (bicyclic) bond motifs is 3. The molecule has 0 saturated heterocycles. The normalized spacial score (nSPS) is 13.5. The molecular formula is C67H49N3O. The van der Waals surface area contributed by atoms with E-state index in [0.717, 1.165) is 90.3 Å². The van der Waals surface area contributed by atoms with Crippen molar-refractivity contribution >= 4 is 51.2 Å². The van der Waals surface area contributed by atoms with Crippen molar-refractivity contribution in [2.24, 2.45) is 0 Å². The third-order valence-electron chi connectivity index (χ3n) is 13.4. The van der Waals surface area contributed by atoms with Crippen LogP contribution in [0.3, 0.4) is 0 Å². The van der Waals surface area contributed by atoms with E-state index in [9.17, 15) is 0 Å². The monoisotopic (exact) mass is 911 g/mol. The molecule has 0 N–H and O–H groups in total. The maximum Gasteiger partial charge on any atom is 0.185 e. The Morgan fingerprint density at radius 2 is 0.577 bits per heavy atom. The van der Waals surface area contributed by atoms with E-state index in [1.165, 1.54) is 5.56 Å². The lowest BCUT2D eigenvalue weighted by Gasteiger charge is -2.42. The lowest BCUT2D eigenvalue weighted by Crippen LogP contribution is -2.38. The number of rotatable bonds is 12. The van der Waals surface area contributed by atoms with Crippen LogP contribution in [0.5, 0.6) is 5.75 Å². The number of ether oxygens (including phenoxy) is 1. The third kappa shape index (κ3) is 8.18. The second-order valence-corrected chi connectivity index (χ2v) is 17.7. The van der Waals surface area contributed by atoms with Gasteiger partial charge in [-0.3, -0.25) is 0 Å². The zero-order valence-electron chi connectivity index (χ0n) is 39.0. The molecule has 1 unspecified atom stereocenters. The fourth-order valence-electron chi connectivity index (χ4n) is 10.2. The van der Waals surface area contributed by atoms with Crippen LogP contribution in [0.25, 0.3) is 22.3 Å². The summed E-state index contributed by atoms with van der Waals surface area (Å²) < 4.78 is 7.83. The van der Waals surface area contributed by atoms with Gasteiger partial charge in [-0.2, -0.15) is 0 Å². The molecule has 1 aliphatic rings. The van der Waals surface area contributed by atoms with Crippen LogP contribution < -0.4 is 19.4 Å². The molecule has 338 valence electrons. The van der Waals surface area contributed by atoms with Crippen molar-refractivity contribution in [3.8, 4) is 28.0 Å². The summed E-state index contributed by atoms with van der Waals surface area (Å²) in [5.74, 6) is 0.796. The van der Waals surface area contributed by atoms with Gasteiger partial charge in [-0.25, -0.2) is 0 Å². The van der Waals surface area contributed by atoms with Gasteiger partial charge in [-0.15, -0.1) is 0 Å². The van der Waals surface area contributed by atoms with Gasteiger partial charge in [-0.05, 0) is 126 Å². The first-order chi connectivity index (χ1) is 35.2. The van der Waals surface area contributed by atoms with E-state index in [2.05, 4.69) is 312 Å². The van der Waals surface area contributed by atoms with E-state index in [0.29, 0.717) is 0 Å². The van der Waals surface area contributed by atoms with Gasteiger partial charge in [0.05, 0.1) is 0 Å². The second-order valence-electron chi connectivity index (χ2n) is 17.7. The van der Waals surface area contributed by atoms with Crippen molar-refractivity contribution in [2.75, 3.05) is 14.7 Å². The van der Waals surface area contributed by atoms with Crippen LogP contribution in [0, 0.1) is 0 Å². The smallest absolute Gasteiger partial charge is 0.185 e. The Hall–Kier alpha value is -9.38. The Labute approximate surface area is 416 Å². The summed E-state index contributed by atoms with van der Waals surface area (Å²) in [4.78, 5) is 6.93. The van der Waals surface area contributed by atoms with Crippen LogP contribution in [0.2, 0.25) is 0 Å². The Kier molecular flexibility index (Phi) is 11.5. The van der Waals surface area contributed by atoms with E-state index in [4.69, 9.17) is 4.74 Å². The van der Waals surface area contributed by atoms with E-state index in [1.807, 2.05) is 0 Å². The molecule has 1 atom stereocenters. The maximum absolute atomic E-state index is 7.83. The standard InChI is InChI=1S/C67H49N3O/c1-7-22-50(23-8-1)51-24-21-35-61(48-51)70(58-33-17-6-18-34-58)60-44-40-53(41-45-60)67(52-38-42-59(43-39-52)68(54-25-9-2-10-26-54)55-27-11-3-12-28-55)65-37-20-19-36-63(65)64-47-46-62(49-66(64)71-67)69(56-29-13-4-14-30-56)57-31-15-5-16-32-57/h1-49H. The highest BCUT2D eigenvalue weighted by Crippen LogP contribution is 2.54. The van der Waals surface area contributed by atoms with Crippen LogP contribution in [0.1, 0.15) is 16.7 Å². The number of hydrogen-bond acceptors (Lipinski definition) is 4. The van der Waals surface area contributed by atoms with Crippen molar-refractivity contribution < 1.29 is 4.74 Å². The summed E-state index contributed by atoms with van der Waals surface area (Å²) in [5.41, 5.74) is 16.0. The van der Waals surface area contributed by atoms with Crippen LogP contribution in [-0.2, 0) is 5.60 Å². The summed E-state index contributed by atoms with van der Waals surface area (Å²) in [5, 5.41) is 0. The zero-order chi connectivity index (χ0) is 47.4. The number of anilines is 9. The molecule has 0 bridgehead atoms. The molecule has 12 rings (SSSR count). The van der Waals surface area contributed by atoms with Crippen molar-refractivity contribution in [3.63, 3.8) is 0 Å². The molecule has 1 heterocycles. The van der Waals surface area contributed by atoms with Gasteiger partial charge in [-0.1, -0.05) is 182 Å². The van der Waals surface area contributed by atoms with Crippen LogP contribution in [0.15, 0.2) is 297 Å². The second kappa shape index (κ2) is 19.0. The molecule has 11 aromatic rings. The van der Waals surface area contributed by atoms with Crippen molar-refractivity contribution in [1.29, 1.82) is 0 Å². The topological polar surface area (TPSA) is 19.0 Å². The average molecular weight is 912 g/mol. The zero-order valence-corrected chi connectivity index (χ0v) is 39.0. The van der Waals surface area contributed by atoms with E-state index < -0.39 is 5.60 Å². The molecule has 1 aliphatic heterocycles. The van der Waals surface area contributed by atoms with Crippen LogP contribution in [-0.4, -0.2) is 0 Å². The van der Waals surface area contributed by atoms with Crippen LogP contribution >= 0.6 is 0 Å². The molecule has 0 amide bonds. The molecule has 0 aromatic heterocycles. The summed E-state index contributed by atoms with van der Waals surface area (Å²) >= 11 is 0. The molecule has 0 spiro atoms. The maximum atomic E-state index is 7.83. The Morgan fingerprint density at radius 1 is 0.239 bits per heavy atom. The first kappa shape index (κ1) is 42.9. The van der Waals surface area contributed by atoms with Gasteiger partial charge in [0, 0.05) is 79.5 Å². The lowest BCUT2D eigenvalue weighted by atomic mass is 9.75. The predicted octanol–water partition coefficient (Wildman–Crippen LogP) is 18.1. The molecule has 0 aliphatic carbocycles. The van der Waals surface area contributed by atoms with Gasteiger partial charge in [0.25, 0.3) is 0 Å². The van der Waals surface area contributed by atoms with E-state index >= 15 is 0 Å². The number of benzene rings is 11. The highest BCUT2D eigenvalue weighted by atomic mass is 16.5. The average Bonchev–Trinajstić information content (AvgIpc) is 3.45. The lowest BCUT2D eigenvalue weighted by molar-refractivity contribution is 0.152. The Morgan fingerprint density at radius 3 is 1.04 bits per heavy atom. The fraction of sp³-hybridized carbons (Fsp3) is 0.0149. The molecule has 4 nitrogen and oxygen atoms in total. The summed E-state index contributed by atoms with van der Waals surface area (Å²) in [6.07, 6.45) is 0. The molecule has 0 radical (unpaired) electrons. The SMILES string of the molecule is c1ccc(-c2cccc(N(c3ccccc3)c3ccc(C4(c5ccc(N(c6ccccc6)c6ccccc6)cc5)Oc5cc(N(c6ccccc6)c6ccccc6)ccc5-c5ccccc54)cc3)c2)cc1. The van der Waals surface area contributed by atoms with Gasteiger partial charge in [0.15, 0.2) is 5.60 Å². The van der Waals surface area contributed by atoms with Crippen molar-refractivity contribution in [1.82, 2.24) is 0 Å². The highest BCUT2D eigenvalue weighted by Gasteiger charge is 2.45. The quantitative estimate of drug-likeness (QED) is 0.122. The Bertz CT molecular complexity index is 3460. The third-order valence-corrected chi connectivity index (χ3v) is 13.4. The number of nitrogens with zero attached hydrogens (tertiary/aromatic N) is 3. The highest BCUT2D eigenvalue weighted by molar-refractivity contribution is 5.86. The van der Waals surface area contributed by atoms with E-state index in [1.54, 1.807) is 0 Å². The largest absolute Gasteiger partial charge is 0.472 e. The summed E-state index contributed by atoms with van der Waals surface area (Å²) in [6.45, 7) is 0. The summed E-state index contributed by atoms with van der Waals surface area (Å²) in [7, 11) is 0. The van der Waals surface area contributed by atoms with Crippen LogP contribution in [0.4, 0.5) is 51.2 Å². The minimum atomic E-state index is -1.06. The minimum absolute atomic E-state index is 0.796. The number of hydrogen-bond donors (Lipinski definition) is 0. The minimum Gasteiger partial charge on any atom is -0.472 e. The molecule has 0 fully saturated rings. The Balaban J connectivity index is 1.04. The van der Waals surface area contributed by atoms with Crippen molar-refractivity contribution in [3.05, 3.63) is 314 Å². The molecule has 11 aromatic carbocycles. The predicted molar refractivity (Wildman–Crippen MR) is 295 cm³/mol. The molecule has 0 saturated carbocycles. The number of para-hydroxylation sites is 5. The molecule has 4 heteroatoms. The van der Waals surface area contributed by atoms with Gasteiger partial charge in [0.2, 0.25) is 0 Å². The molecule has 71 heavy (non-hydrogen) atoms. The summed E-state index contributed by atoms with van der Waals surface area (Å²) in [6, 6.07) is 106. The molecular weight excluding hydrogens is 863 g/mol. The van der Waals surface area contributed by atoms with Gasteiger partial charge >= 0.3 is 0 Å². The van der Waals surface area contributed by atoms with E-state index in [-0.39, 0.29) is 0 Å². The first-order valence-electron chi connectivity index (χ1n) is 24.2. The van der Waals surface area contributed by atoms with Gasteiger partial charge < -0.3 is 19.4 Å². The van der Waals surface area contributed by atoms with Crippen molar-refractivity contribution in [2.45, 2.75) is 5.60 Å². The fourth-order valence-corrected chi connectivity index (χ4v) is 10.2.